The van der Waals surface area contributed by atoms with Crippen molar-refractivity contribution in [2.45, 2.75) is 19.3 Å². The quantitative estimate of drug-likeness (QED) is 0.866. The molecular weight excluding hydrogens is 296 g/mol. The van der Waals surface area contributed by atoms with Gasteiger partial charge in [0.1, 0.15) is 12.1 Å². The van der Waals surface area contributed by atoms with E-state index in [0.717, 1.165) is 43.0 Å². The highest BCUT2D eigenvalue weighted by atomic mass is 32.1. The van der Waals surface area contributed by atoms with Crippen LogP contribution in [-0.4, -0.2) is 48.0 Å². The van der Waals surface area contributed by atoms with Gasteiger partial charge in [-0.2, -0.15) is 11.3 Å². The van der Waals surface area contributed by atoms with Crippen molar-refractivity contribution in [3.63, 3.8) is 0 Å². The summed E-state index contributed by atoms with van der Waals surface area (Å²) in [5.41, 5.74) is 3.36. The number of nitrogens with zero attached hydrogens (tertiary/aromatic N) is 4. The molecule has 22 heavy (non-hydrogen) atoms. The number of rotatable bonds is 3. The standard InChI is InChI=1S/C16H20N4OS/c1-19(2)16-13-3-6-20(7-4-14(13)17-11-18-16)15(21)9-12-5-8-22-10-12/h5,8,10-11H,3-4,6-7,9H2,1-2H3. The molecule has 5 nitrogen and oxygen atoms in total. The Labute approximate surface area is 134 Å². The first-order valence-electron chi connectivity index (χ1n) is 7.44. The minimum absolute atomic E-state index is 0.200. The van der Waals surface area contributed by atoms with Crippen LogP contribution in [0.4, 0.5) is 5.82 Å². The normalized spacial score (nSPS) is 14.4. The van der Waals surface area contributed by atoms with E-state index in [2.05, 4.69) is 9.97 Å². The van der Waals surface area contributed by atoms with Crippen LogP contribution in [0.1, 0.15) is 16.8 Å². The molecule has 1 aliphatic heterocycles. The lowest BCUT2D eigenvalue weighted by atomic mass is 10.1. The van der Waals surface area contributed by atoms with E-state index < -0.39 is 0 Å². The zero-order valence-electron chi connectivity index (χ0n) is 13.0. The Kier molecular flexibility index (Phi) is 4.38. The number of fused-ring (bicyclic) bond motifs is 1. The molecule has 0 atom stereocenters. The first kappa shape index (κ1) is 15.0. The molecular formula is C16H20N4OS. The molecule has 0 aliphatic carbocycles. The molecule has 0 saturated carbocycles. The van der Waals surface area contributed by atoms with Crippen molar-refractivity contribution >= 4 is 23.1 Å². The Hall–Kier alpha value is -1.95. The molecule has 0 aromatic carbocycles. The third kappa shape index (κ3) is 3.11. The Morgan fingerprint density at radius 2 is 2.14 bits per heavy atom. The Morgan fingerprint density at radius 3 is 2.86 bits per heavy atom. The second kappa shape index (κ2) is 6.44. The second-order valence-corrected chi connectivity index (χ2v) is 6.49. The highest BCUT2D eigenvalue weighted by Crippen LogP contribution is 2.22. The van der Waals surface area contributed by atoms with Gasteiger partial charge in [-0.05, 0) is 28.8 Å². The summed E-state index contributed by atoms with van der Waals surface area (Å²) in [6.07, 6.45) is 3.73. The maximum atomic E-state index is 12.5. The first-order chi connectivity index (χ1) is 10.6. The van der Waals surface area contributed by atoms with E-state index >= 15 is 0 Å². The van der Waals surface area contributed by atoms with Gasteiger partial charge >= 0.3 is 0 Å². The predicted octanol–water partition coefficient (Wildman–Crippen LogP) is 1.77. The summed E-state index contributed by atoms with van der Waals surface area (Å²) in [6, 6.07) is 2.02. The number of amides is 1. The van der Waals surface area contributed by atoms with Gasteiger partial charge in [-0.3, -0.25) is 4.79 Å². The Balaban J connectivity index is 1.73. The molecule has 116 valence electrons. The van der Waals surface area contributed by atoms with Crippen LogP contribution >= 0.6 is 11.3 Å². The van der Waals surface area contributed by atoms with Crippen LogP contribution in [0.5, 0.6) is 0 Å². The topological polar surface area (TPSA) is 49.3 Å². The van der Waals surface area contributed by atoms with E-state index in [9.17, 15) is 4.79 Å². The van der Waals surface area contributed by atoms with Crippen molar-refractivity contribution in [2.24, 2.45) is 0 Å². The molecule has 2 aromatic rings. The number of carbonyl (C=O) groups excluding carboxylic acids is 1. The van der Waals surface area contributed by atoms with Gasteiger partial charge in [0.05, 0.1) is 12.1 Å². The summed E-state index contributed by atoms with van der Waals surface area (Å²) in [6.45, 7) is 1.48. The smallest absolute Gasteiger partial charge is 0.227 e. The van der Waals surface area contributed by atoms with Gasteiger partial charge in [-0.15, -0.1) is 0 Å². The number of carbonyl (C=O) groups is 1. The molecule has 0 radical (unpaired) electrons. The molecule has 6 heteroatoms. The van der Waals surface area contributed by atoms with Crippen LogP contribution < -0.4 is 4.90 Å². The van der Waals surface area contributed by atoms with Crippen LogP contribution in [0, 0.1) is 0 Å². The van der Waals surface area contributed by atoms with Gasteiger partial charge < -0.3 is 9.80 Å². The van der Waals surface area contributed by atoms with E-state index in [-0.39, 0.29) is 5.91 Å². The minimum Gasteiger partial charge on any atom is -0.362 e. The van der Waals surface area contributed by atoms with Crippen molar-refractivity contribution in [2.75, 3.05) is 32.1 Å². The molecule has 0 fully saturated rings. The van der Waals surface area contributed by atoms with E-state index in [1.54, 1.807) is 17.7 Å². The van der Waals surface area contributed by atoms with E-state index in [1.807, 2.05) is 40.7 Å². The van der Waals surface area contributed by atoms with Crippen molar-refractivity contribution in [3.8, 4) is 0 Å². The highest BCUT2D eigenvalue weighted by Gasteiger charge is 2.22. The summed E-state index contributed by atoms with van der Waals surface area (Å²) >= 11 is 1.63. The van der Waals surface area contributed by atoms with Crippen molar-refractivity contribution in [1.82, 2.24) is 14.9 Å². The third-order valence-corrected chi connectivity index (χ3v) is 4.71. The highest BCUT2D eigenvalue weighted by molar-refractivity contribution is 7.07. The second-order valence-electron chi connectivity index (χ2n) is 5.71. The molecule has 0 unspecified atom stereocenters. The fraction of sp³-hybridized carbons (Fsp3) is 0.438. The molecule has 0 bridgehead atoms. The summed E-state index contributed by atoms with van der Waals surface area (Å²) < 4.78 is 0. The van der Waals surface area contributed by atoms with Crippen LogP contribution in [0.15, 0.2) is 23.2 Å². The zero-order valence-corrected chi connectivity index (χ0v) is 13.8. The van der Waals surface area contributed by atoms with Crippen LogP contribution in [-0.2, 0) is 24.1 Å². The molecule has 0 N–H and O–H groups in total. The maximum absolute atomic E-state index is 12.5. The largest absolute Gasteiger partial charge is 0.362 e. The monoisotopic (exact) mass is 316 g/mol. The lowest BCUT2D eigenvalue weighted by Crippen LogP contribution is -2.34. The van der Waals surface area contributed by atoms with E-state index in [4.69, 9.17) is 0 Å². The minimum atomic E-state index is 0.200. The van der Waals surface area contributed by atoms with Gasteiger partial charge in [-0.1, -0.05) is 0 Å². The summed E-state index contributed by atoms with van der Waals surface area (Å²) in [4.78, 5) is 25.2. The molecule has 1 aliphatic rings. The molecule has 3 heterocycles. The molecule has 3 rings (SSSR count). The fourth-order valence-corrected chi connectivity index (χ4v) is 3.49. The lowest BCUT2D eigenvalue weighted by Gasteiger charge is -2.20. The fourth-order valence-electron chi connectivity index (χ4n) is 2.82. The number of hydrogen-bond donors (Lipinski definition) is 0. The molecule has 2 aromatic heterocycles. The number of aromatic nitrogens is 2. The van der Waals surface area contributed by atoms with Crippen molar-refractivity contribution in [3.05, 3.63) is 40.0 Å². The summed E-state index contributed by atoms with van der Waals surface area (Å²) in [7, 11) is 3.99. The average Bonchev–Trinajstić information content (AvgIpc) is 2.90. The molecule has 0 saturated heterocycles. The van der Waals surface area contributed by atoms with Crippen LogP contribution in [0.3, 0.4) is 0 Å². The van der Waals surface area contributed by atoms with Gasteiger partial charge in [0.2, 0.25) is 5.91 Å². The lowest BCUT2D eigenvalue weighted by molar-refractivity contribution is -0.130. The van der Waals surface area contributed by atoms with Gasteiger partial charge in [0, 0.05) is 39.2 Å². The number of hydrogen-bond acceptors (Lipinski definition) is 5. The van der Waals surface area contributed by atoms with Crippen molar-refractivity contribution in [1.29, 1.82) is 0 Å². The summed E-state index contributed by atoms with van der Waals surface area (Å²) in [5, 5.41) is 4.06. The van der Waals surface area contributed by atoms with Crippen molar-refractivity contribution < 1.29 is 4.79 Å². The van der Waals surface area contributed by atoms with E-state index in [0.29, 0.717) is 6.42 Å². The molecule has 0 spiro atoms. The number of thiophene rings is 1. The van der Waals surface area contributed by atoms with Gasteiger partial charge in [-0.25, -0.2) is 9.97 Å². The average molecular weight is 316 g/mol. The number of anilines is 1. The Morgan fingerprint density at radius 1 is 1.32 bits per heavy atom. The Bertz CT molecular complexity index is 654. The third-order valence-electron chi connectivity index (χ3n) is 3.97. The van der Waals surface area contributed by atoms with Crippen LogP contribution in [0.2, 0.25) is 0 Å². The SMILES string of the molecule is CN(C)c1ncnc2c1CCN(C(=O)Cc1ccsc1)CC2. The van der Waals surface area contributed by atoms with E-state index in [1.165, 1.54) is 5.56 Å². The van der Waals surface area contributed by atoms with Gasteiger partial charge in [0.25, 0.3) is 0 Å². The maximum Gasteiger partial charge on any atom is 0.227 e. The molecule has 1 amide bonds. The zero-order chi connectivity index (χ0) is 15.5. The first-order valence-corrected chi connectivity index (χ1v) is 8.38. The summed E-state index contributed by atoms with van der Waals surface area (Å²) in [5.74, 6) is 1.17. The van der Waals surface area contributed by atoms with Crippen LogP contribution in [0.25, 0.3) is 0 Å². The van der Waals surface area contributed by atoms with Gasteiger partial charge in [0.15, 0.2) is 0 Å². The predicted molar refractivity (Wildman–Crippen MR) is 88.4 cm³/mol.